The van der Waals surface area contributed by atoms with Gasteiger partial charge in [-0.2, -0.15) is 0 Å². The number of hydrogen-bond acceptors (Lipinski definition) is 3. The Morgan fingerprint density at radius 1 is 1.47 bits per heavy atom. The van der Waals surface area contributed by atoms with Crippen LogP contribution >= 0.6 is 0 Å². The molecule has 4 heteroatoms. The molecule has 0 atom stereocenters. The van der Waals surface area contributed by atoms with Crippen LogP contribution in [0.2, 0.25) is 0 Å². The lowest BCUT2D eigenvalue weighted by Gasteiger charge is -2.05. The van der Waals surface area contributed by atoms with Gasteiger partial charge >= 0.3 is 0 Å². The second kappa shape index (κ2) is 3.82. The molecule has 0 saturated heterocycles. The van der Waals surface area contributed by atoms with Crippen LogP contribution in [0.4, 0.5) is 0 Å². The highest BCUT2D eigenvalue weighted by Crippen LogP contribution is 2.10. The standard InChI is InChI=1S/C11H12N2O2/c1-8-3-2-4-9-10(8)11(15)13(5-6-14)7-12-9/h2-4,7,14H,5-6H2,1H3. The first-order valence-electron chi connectivity index (χ1n) is 4.79. The summed E-state index contributed by atoms with van der Waals surface area (Å²) in [5.74, 6) is 0. The molecule has 0 radical (unpaired) electrons. The van der Waals surface area contributed by atoms with Gasteiger partial charge in [0.05, 0.1) is 30.4 Å². The van der Waals surface area contributed by atoms with Crippen LogP contribution in [-0.2, 0) is 6.54 Å². The second-order valence-corrected chi connectivity index (χ2v) is 3.44. The van der Waals surface area contributed by atoms with Crippen molar-refractivity contribution in [2.24, 2.45) is 0 Å². The fraction of sp³-hybridized carbons (Fsp3) is 0.273. The van der Waals surface area contributed by atoms with E-state index < -0.39 is 0 Å². The topological polar surface area (TPSA) is 55.1 Å². The number of aryl methyl sites for hydroxylation is 1. The third kappa shape index (κ3) is 1.64. The van der Waals surface area contributed by atoms with Crippen molar-refractivity contribution in [1.29, 1.82) is 0 Å². The summed E-state index contributed by atoms with van der Waals surface area (Å²) in [6, 6.07) is 5.57. The molecule has 4 nitrogen and oxygen atoms in total. The van der Waals surface area contributed by atoms with Gasteiger partial charge in [-0.1, -0.05) is 12.1 Å². The normalized spacial score (nSPS) is 10.8. The SMILES string of the molecule is Cc1cccc2ncn(CCO)c(=O)c12. The van der Waals surface area contributed by atoms with Crippen LogP contribution in [0.15, 0.2) is 29.3 Å². The van der Waals surface area contributed by atoms with E-state index in [-0.39, 0.29) is 18.7 Å². The molecule has 1 heterocycles. The van der Waals surface area contributed by atoms with Crippen LogP contribution in [0.3, 0.4) is 0 Å². The van der Waals surface area contributed by atoms with Gasteiger partial charge in [0.2, 0.25) is 0 Å². The van der Waals surface area contributed by atoms with Crippen LogP contribution in [0.25, 0.3) is 10.9 Å². The molecular formula is C11H12N2O2. The molecule has 1 aromatic carbocycles. The molecule has 0 bridgehead atoms. The van der Waals surface area contributed by atoms with Gasteiger partial charge < -0.3 is 5.11 Å². The molecule has 0 fully saturated rings. The van der Waals surface area contributed by atoms with Crippen LogP contribution in [-0.4, -0.2) is 21.3 Å². The Balaban J connectivity index is 2.77. The zero-order chi connectivity index (χ0) is 10.8. The van der Waals surface area contributed by atoms with Crippen molar-refractivity contribution in [3.05, 3.63) is 40.4 Å². The summed E-state index contributed by atoms with van der Waals surface area (Å²) in [5, 5.41) is 9.43. The zero-order valence-electron chi connectivity index (χ0n) is 8.47. The lowest BCUT2D eigenvalue weighted by Crippen LogP contribution is -2.22. The third-order valence-electron chi connectivity index (χ3n) is 2.40. The molecule has 2 rings (SSSR count). The molecular weight excluding hydrogens is 192 g/mol. The van der Waals surface area contributed by atoms with Gasteiger partial charge in [0.15, 0.2) is 0 Å². The molecule has 0 saturated carbocycles. The van der Waals surface area contributed by atoms with Crippen LogP contribution < -0.4 is 5.56 Å². The van der Waals surface area contributed by atoms with E-state index in [2.05, 4.69) is 4.98 Å². The molecule has 2 aromatic rings. The van der Waals surface area contributed by atoms with E-state index in [0.717, 1.165) is 5.56 Å². The Bertz CT molecular complexity index is 546. The maximum atomic E-state index is 12.0. The van der Waals surface area contributed by atoms with Gasteiger partial charge in [-0.05, 0) is 18.6 Å². The number of aliphatic hydroxyl groups is 1. The Kier molecular flexibility index (Phi) is 2.51. The average Bonchev–Trinajstić information content (AvgIpc) is 2.22. The van der Waals surface area contributed by atoms with Gasteiger partial charge in [-0.15, -0.1) is 0 Å². The molecule has 0 aliphatic carbocycles. The number of aliphatic hydroxyl groups excluding tert-OH is 1. The van der Waals surface area contributed by atoms with E-state index in [1.807, 2.05) is 25.1 Å². The smallest absolute Gasteiger partial charge is 0.261 e. The van der Waals surface area contributed by atoms with Crippen molar-refractivity contribution >= 4 is 10.9 Å². The number of aromatic nitrogens is 2. The predicted octanol–water partition coefficient (Wildman–Crippen LogP) is 0.697. The highest BCUT2D eigenvalue weighted by molar-refractivity contribution is 5.80. The summed E-state index contributed by atoms with van der Waals surface area (Å²) >= 11 is 0. The first kappa shape index (κ1) is 9.86. The highest BCUT2D eigenvalue weighted by atomic mass is 16.3. The average molecular weight is 204 g/mol. The number of hydrogen-bond donors (Lipinski definition) is 1. The van der Waals surface area contributed by atoms with Gasteiger partial charge in [0.1, 0.15) is 0 Å². The van der Waals surface area contributed by atoms with Gasteiger partial charge in [-0.25, -0.2) is 4.98 Å². The van der Waals surface area contributed by atoms with Crippen molar-refractivity contribution in [1.82, 2.24) is 9.55 Å². The molecule has 1 N–H and O–H groups in total. The van der Waals surface area contributed by atoms with Gasteiger partial charge in [0.25, 0.3) is 5.56 Å². The van der Waals surface area contributed by atoms with Crippen molar-refractivity contribution in [2.45, 2.75) is 13.5 Å². The lowest BCUT2D eigenvalue weighted by atomic mass is 10.1. The molecule has 0 spiro atoms. The Labute approximate surface area is 86.8 Å². The van der Waals surface area contributed by atoms with E-state index in [0.29, 0.717) is 10.9 Å². The minimum atomic E-state index is -0.0906. The number of fused-ring (bicyclic) bond motifs is 1. The Morgan fingerprint density at radius 3 is 3.00 bits per heavy atom. The summed E-state index contributed by atoms with van der Waals surface area (Å²) in [4.78, 5) is 16.1. The maximum Gasteiger partial charge on any atom is 0.261 e. The summed E-state index contributed by atoms with van der Waals surface area (Å²) < 4.78 is 1.43. The molecule has 0 unspecified atom stereocenters. The van der Waals surface area contributed by atoms with Crippen LogP contribution in [0, 0.1) is 6.92 Å². The molecule has 0 aliphatic heterocycles. The lowest BCUT2D eigenvalue weighted by molar-refractivity contribution is 0.274. The second-order valence-electron chi connectivity index (χ2n) is 3.44. The molecule has 78 valence electrons. The maximum absolute atomic E-state index is 12.0. The van der Waals surface area contributed by atoms with Gasteiger partial charge in [0, 0.05) is 0 Å². The van der Waals surface area contributed by atoms with Gasteiger partial charge in [-0.3, -0.25) is 9.36 Å². The first-order chi connectivity index (χ1) is 7.24. The summed E-state index contributed by atoms with van der Waals surface area (Å²) in [6.07, 6.45) is 1.47. The quantitative estimate of drug-likeness (QED) is 0.783. The molecule has 1 aromatic heterocycles. The van der Waals surface area contributed by atoms with E-state index in [9.17, 15) is 4.79 Å². The summed E-state index contributed by atoms with van der Waals surface area (Å²) in [7, 11) is 0. The zero-order valence-corrected chi connectivity index (χ0v) is 8.47. The van der Waals surface area contributed by atoms with Crippen LogP contribution in [0.1, 0.15) is 5.56 Å². The minimum Gasteiger partial charge on any atom is -0.395 e. The minimum absolute atomic E-state index is 0.0566. The van der Waals surface area contributed by atoms with Crippen molar-refractivity contribution in [2.75, 3.05) is 6.61 Å². The Morgan fingerprint density at radius 2 is 2.27 bits per heavy atom. The monoisotopic (exact) mass is 204 g/mol. The first-order valence-corrected chi connectivity index (χ1v) is 4.79. The molecule has 15 heavy (non-hydrogen) atoms. The van der Waals surface area contributed by atoms with Crippen molar-refractivity contribution < 1.29 is 5.11 Å². The predicted molar refractivity (Wildman–Crippen MR) is 57.8 cm³/mol. The Hall–Kier alpha value is -1.68. The summed E-state index contributed by atoms with van der Waals surface area (Å²) in [5.41, 5.74) is 1.53. The largest absolute Gasteiger partial charge is 0.395 e. The third-order valence-corrected chi connectivity index (χ3v) is 2.40. The number of nitrogens with zero attached hydrogens (tertiary/aromatic N) is 2. The fourth-order valence-corrected chi connectivity index (χ4v) is 1.63. The highest BCUT2D eigenvalue weighted by Gasteiger charge is 2.05. The van der Waals surface area contributed by atoms with E-state index in [1.165, 1.54) is 10.9 Å². The van der Waals surface area contributed by atoms with E-state index >= 15 is 0 Å². The van der Waals surface area contributed by atoms with Crippen molar-refractivity contribution in [3.8, 4) is 0 Å². The van der Waals surface area contributed by atoms with E-state index in [4.69, 9.17) is 5.11 Å². The summed E-state index contributed by atoms with van der Waals surface area (Å²) in [6.45, 7) is 2.11. The van der Waals surface area contributed by atoms with Crippen molar-refractivity contribution in [3.63, 3.8) is 0 Å². The van der Waals surface area contributed by atoms with E-state index in [1.54, 1.807) is 0 Å². The molecule has 0 aliphatic rings. The number of rotatable bonds is 2. The number of benzene rings is 1. The van der Waals surface area contributed by atoms with Crippen LogP contribution in [0.5, 0.6) is 0 Å². The molecule has 0 amide bonds. The fourth-order valence-electron chi connectivity index (χ4n) is 1.63.